The van der Waals surface area contributed by atoms with Crippen molar-refractivity contribution in [1.82, 2.24) is 25.0 Å². The topological polar surface area (TPSA) is 95.9 Å². The Morgan fingerprint density at radius 3 is 2.57 bits per heavy atom. The van der Waals surface area contributed by atoms with Crippen molar-refractivity contribution in [2.45, 2.75) is 20.5 Å². The van der Waals surface area contributed by atoms with Gasteiger partial charge in [-0.25, -0.2) is 14.5 Å². The fraction of sp³-hybridized carbons (Fsp3) is 0.150. The number of benzene rings is 1. The smallest absolute Gasteiger partial charge is 0.359 e. The van der Waals surface area contributed by atoms with E-state index in [1.807, 2.05) is 19.9 Å². The largest absolute Gasteiger partial charge is 0.451 e. The molecule has 0 unspecified atom stereocenters. The van der Waals surface area contributed by atoms with Crippen LogP contribution in [-0.4, -0.2) is 30.9 Å². The third-order valence-corrected chi connectivity index (χ3v) is 4.69. The molecule has 8 nitrogen and oxygen atoms in total. The van der Waals surface area contributed by atoms with Crippen molar-refractivity contribution in [2.24, 2.45) is 0 Å². The molecule has 3 aromatic heterocycles. The molecule has 4 aromatic rings. The number of rotatable bonds is 5. The lowest BCUT2D eigenvalue weighted by Crippen LogP contribution is -2.11. The second-order valence-corrected chi connectivity index (χ2v) is 7.27. The van der Waals surface area contributed by atoms with E-state index in [0.717, 1.165) is 11.4 Å². The van der Waals surface area contributed by atoms with Crippen molar-refractivity contribution >= 4 is 29.2 Å². The normalized spacial score (nSPS) is 10.9. The molecule has 30 heavy (non-hydrogen) atoms. The van der Waals surface area contributed by atoms with E-state index in [9.17, 15) is 4.79 Å². The predicted molar refractivity (Wildman–Crippen MR) is 110 cm³/mol. The number of nitrogens with zero attached hydrogens (tertiary/aromatic N) is 5. The van der Waals surface area contributed by atoms with Crippen LogP contribution in [0.3, 0.4) is 0 Å². The minimum absolute atomic E-state index is 0.0286. The molecule has 0 atom stereocenters. The zero-order chi connectivity index (χ0) is 21.3. The zero-order valence-electron chi connectivity index (χ0n) is 16.0. The van der Waals surface area contributed by atoms with E-state index in [-0.39, 0.29) is 23.2 Å². The van der Waals surface area contributed by atoms with E-state index in [1.165, 1.54) is 0 Å². The zero-order valence-corrected chi connectivity index (χ0v) is 17.5. The monoisotopic (exact) mass is 443 g/mol. The number of aromatic nitrogens is 5. The Kier molecular flexibility index (Phi) is 5.52. The Morgan fingerprint density at radius 1 is 1.10 bits per heavy atom. The molecule has 0 saturated heterocycles. The maximum absolute atomic E-state index is 12.5. The van der Waals surface area contributed by atoms with Crippen LogP contribution in [0.4, 0.5) is 0 Å². The number of aryl methyl sites for hydroxylation is 2. The summed E-state index contributed by atoms with van der Waals surface area (Å²) in [6.45, 7) is 3.54. The van der Waals surface area contributed by atoms with Crippen LogP contribution < -0.4 is 0 Å². The highest BCUT2D eigenvalue weighted by atomic mass is 35.5. The number of pyridine rings is 1. The summed E-state index contributed by atoms with van der Waals surface area (Å²) in [7, 11) is 0. The molecule has 0 bridgehead atoms. The number of carbonyl (C=O) groups is 1. The van der Waals surface area contributed by atoms with E-state index in [1.54, 1.807) is 41.1 Å². The maximum atomic E-state index is 12.5. The molecule has 0 radical (unpaired) electrons. The second-order valence-electron chi connectivity index (χ2n) is 6.42. The predicted octanol–water partition coefficient (Wildman–Crippen LogP) is 4.60. The molecule has 152 valence electrons. The number of ether oxygens (including phenoxy) is 1. The molecule has 3 heterocycles. The van der Waals surface area contributed by atoms with Gasteiger partial charge in [0.25, 0.3) is 5.89 Å². The third-order valence-electron chi connectivity index (χ3n) is 4.14. The quantitative estimate of drug-likeness (QED) is 0.415. The molecule has 0 aliphatic carbocycles. The van der Waals surface area contributed by atoms with Gasteiger partial charge in [0.2, 0.25) is 5.89 Å². The van der Waals surface area contributed by atoms with E-state index in [4.69, 9.17) is 32.4 Å². The molecule has 10 heteroatoms. The van der Waals surface area contributed by atoms with Crippen LogP contribution in [0.1, 0.15) is 27.8 Å². The van der Waals surface area contributed by atoms with Crippen LogP contribution >= 0.6 is 23.2 Å². The van der Waals surface area contributed by atoms with Gasteiger partial charge in [0.15, 0.2) is 18.1 Å². The minimum atomic E-state index is -0.713. The standard InChI is InChI=1S/C20H15Cl2N5O3/c1-11-9-12(2)27(26-11)16-8-7-15(22)18(23-16)20(28)29-10-17-24-25-19(30-17)13-3-5-14(21)6-4-13/h3-9H,10H2,1-2H3. The van der Waals surface area contributed by atoms with Crippen molar-refractivity contribution in [3.63, 3.8) is 0 Å². The van der Waals surface area contributed by atoms with Gasteiger partial charge in [0.05, 0.1) is 10.7 Å². The summed E-state index contributed by atoms with van der Waals surface area (Å²) in [5.41, 5.74) is 2.38. The highest BCUT2D eigenvalue weighted by molar-refractivity contribution is 6.33. The molecule has 0 amide bonds. The molecule has 4 rings (SSSR count). The lowest BCUT2D eigenvalue weighted by molar-refractivity contribution is 0.0432. The van der Waals surface area contributed by atoms with Gasteiger partial charge in [0.1, 0.15) is 0 Å². The summed E-state index contributed by atoms with van der Waals surface area (Å²) in [4.78, 5) is 16.8. The lowest BCUT2D eigenvalue weighted by Gasteiger charge is -2.07. The SMILES string of the molecule is Cc1cc(C)n(-c2ccc(Cl)c(C(=O)OCc3nnc(-c4ccc(Cl)cc4)o3)n2)n1. The summed E-state index contributed by atoms with van der Waals surface area (Å²) in [6.07, 6.45) is 0. The van der Waals surface area contributed by atoms with Gasteiger partial charge in [-0.05, 0) is 56.3 Å². The Labute approximate surface area is 181 Å². The van der Waals surface area contributed by atoms with Crippen LogP contribution in [0.25, 0.3) is 17.3 Å². The number of carbonyl (C=O) groups excluding carboxylic acids is 1. The summed E-state index contributed by atoms with van der Waals surface area (Å²) < 4.78 is 12.4. The van der Waals surface area contributed by atoms with Gasteiger partial charge in [-0.3, -0.25) is 0 Å². The van der Waals surface area contributed by atoms with Crippen molar-refractivity contribution in [3.05, 3.63) is 75.5 Å². The number of halogens is 2. The highest BCUT2D eigenvalue weighted by Crippen LogP contribution is 2.22. The van der Waals surface area contributed by atoms with Crippen LogP contribution in [0.5, 0.6) is 0 Å². The fourth-order valence-electron chi connectivity index (χ4n) is 2.77. The number of hydrogen-bond acceptors (Lipinski definition) is 7. The first-order chi connectivity index (χ1) is 14.4. The van der Waals surface area contributed by atoms with E-state index in [2.05, 4.69) is 20.3 Å². The summed E-state index contributed by atoms with van der Waals surface area (Å²) in [5.74, 6) is 0.175. The molecule has 1 aromatic carbocycles. The fourth-order valence-corrected chi connectivity index (χ4v) is 3.08. The van der Waals surface area contributed by atoms with Crippen LogP contribution in [0.15, 0.2) is 46.9 Å². The average molecular weight is 444 g/mol. The average Bonchev–Trinajstić information content (AvgIpc) is 3.33. The van der Waals surface area contributed by atoms with Gasteiger partial charge in [-0.15, -0.1) is 10.2 Å². The molecule has 0 N–H and O–H groups in total. The van der Waals surface area contributed by atoms with Gasteiger partial charge in [0, 0.05) is 16.3 Å². The number of hydrogen-bond donors (Lipinski definition) is 0. The van der Waals surface area contributed by atoms with Crippen molar-refractivity contribution in [2.75, 3.05) is 0 Å². The van der Waals surface area contributed by atoms with Crippen LogP contribution in [-0.2, 0) is 11.3 Å². The van der Waals surface area contributed by atoms with Crippen LogP contribution in [0, 0.1) is 13.8 Å². The molecule has 0 saturated carbocycles. The Morgan fingerprint density at radius 2 is 1.87 bits per heavy atom. The van der Waals surface area contributed by atoms with Crippen LogP contribution in [0.2, 0.25) is 10.0 Å². The van der Waals surface area contributed by atoms with Crippen molar-refractivity contribution in [3.8, 4) is 17.3 Å². The molecule has 0 spiro atoms. The molecular formula is C20H15Cl2N5O3. The van der Waals surface area contributed by atoms with Gasteiger partial charge in [-0.2, -0.15) is 5.10 Å². The summed E-state index contributed by atoms with van der Waals surface area (Å²) in [5, 5.41) is 13.0. The van der Waals surface area contributed by atoms with E-state index in [0.29, 0.717) is 22.3 Å². The lowest BCUT2D eigenvalue weighted by atomic mass is 10.2. The van der Waals surface area contributed by atoms with Crippen molar-refractivity contribution < 1.29 is 13.9 Å². The Bertz CT molecular complexity index is 1220. The van der Waals surface area contributed by atoms with E-state index >= 15 is 0 Å². The summed E-state index contributed by atoms with van der Waals surface area (Å²) in [6, 6.07) is 12.1. The minimum Gasteiger partial charge on any atom is -0.451 e. The second kappa shape index (κ2) is 8.25. The highest BCUT2D eigenvalue weighted by Gasteiger charge is 2.18. The molecule has 0 fully saturated rings. The van der Waals surface area contributed by atoms with Crippen molar-refractivity contribution in [1.29, 1.82) is 0 Å². The van der Waals surface area contributed by atoms with E-state index < -0.39 is 5.97 Å². The summed E-state index contributed by atoms with van der Waals surface area (Å²) >= 11 is 12.0. The molecular weight excluding hydrogens is 429 g/mol. The van der Waals surface area contributed by atoms with Gasteiger partial charge < -0.3 is 9.15 Å². The Hall–Kier alpha value is -3.23. The maximum Gasteiger partial charge on any atom is 0.359 e. The number of esters is 1. The molecule has 0 aliphatic heterocycles. The first kappa shape index (κ1) is 20.1. The van der Waals surface area contributed by atoms with Gasteiger partial charge in [-0.1, -0.05) is 23.2 Å². The third kappa shape index (κ3) is 4.19. The Balaban J connectivity index is 1.49. The molecule has 0 aliphatic rings. The van der Waals surface area contributed by atoms with Gasteiger partial charge >= 0.3 is 5.97 Å². The first-order valence-electron chi connectivity index (χ1n) is 8.86. The first-order valence-corrected chi connectivity index (χ1v) is 9.62.